The maximum Gasteiger partial charge on any atom is 0.217 e. The molecule has 1 heterocycles. The molecule has 0 bridgehead atoms. The van der Waals surface area contributed by atoms with Gasteiger partial charge in [-0.05, 0) is 60.3 Å². The summed E-state index contributed by atoms with van der Waals surface area (Å²) in [6.45, 7) is 3.89. The van der Waals surface area contributed by atoms with Gasteiger partial charge in [-0.15, -0.1) is 0 Å². The molecule has 0 saturated carbocycles. The molecule has 7 rings (SSSR count). The number of rotatable bonds is 5. The molecule has 3 unspecified atom stereocenters. The molecule has 41 heavy (non-hydrogen) atoms. The monoisotopic (exact) mass is 549 g/mol. The van der Waals surface area contributed by atoms with Gasteiger partial charge in [-0.3, -0.25) is 19.8 Å². The van der Waals surface area contributed by atoms with Crippen LogP contribution >= 0.6 is 0 Å². The number of benzene rings is 3. The van der Waals surface area contributed by atoms with Crippen molar-refractivity contribution in [3.63, 3.8) is 0 Å². The van der Waals surface area contributed by atoms with Crippen LogP contribution in [0.25, 0.3) is 10.8 Å². The minimum absolute atomic E-state index is 0.157. The molecule has 1 aliphatic heterocycles. The Kier molecular flexibility index (Phi) is 5.65. The van der Waals surface area contributed by atoms with E-state index in [1.807, 2.05) is 37.3 Å². The second-order valence-electron chi connectivity index (χ2n) is 11.4. The number of nitrogens with one attached hydrogen (secondary N) is 1. The van der Waals surface area contributed by atoms with Gasteiger partial charge in [-0.1, -0.05) is 49.4 Å². The van der Waals surface area contributed by atoms with Gasteiger partial charge in [0.15, 0.2) is 22.9 Å². The molecule has 7 heteroatoms. The van der Waals surface area contributed by atoms with Crippen LogP contribution in [-0.2, 0) is 27.3 Å². The molecule has 0 radical (unpaired) electrons. The van der Waals surface area contributed by atoms with E-state index >= 15 is 4.39 Å². The summed E-state index contributed by atoms with van der Waals surface area (Å²) in [5, 5.41) is 9.62. The lowest BCUT2D eigenvalue weighted by atomic mass is 9.61. The first-order chi connectivity index (χ1) is 19.8. The van der Waals surface area contributed by atoms with E-state index in [4.69, 9.17) is 14.9 Å². The first-order valence-corrected chi connectivity index (χ1v) is 14.0. The van der Waals surface area contributed by atoms with Gasteiger partial charge in [0, 0.05) is 40.0 Å². The summed E-state index contributed by atoms with van der Waals surface area (Å²) in [5.41, 5.74) is 3.29. The fourth-order valence-corrected chi connectivity index (χ4v) is 7.45. The number of ketones is 2. The summed E-state index contributed by atoms with van der Waals surface area (Å²) in [6.07, 6.45) is 2.22. The Morgan fingerprint density at radius 1 is 1.15 bits per heavy atom. The van der Waals surface area contributed by atoms with Crippen molar-refractivity contribution in [3.05, 3.63) is 105 Å². The molecule has 4 aliphatic rings. The molecule has 0 amide bonds. The van der Waals surface area contributed by atoms with E-state index in [1.54, 1.807) is 25.1 Å². The largest absolute Gasteiger partial charge is 0.474 e. The molecule has 3 atom stereocenters. The molecule has 1 N–H and O–H groups in total. The zero-order chi connectivity index (χ0) is 28.6. The highest BCUT2D eigenvalue weighted by Crippen LogP contribution is 2.65. The summed E-state index contributed by atoms with van der Waals surface area (Å²) in [7, 11) is 0. The van der Waals surface area contributed by atoms with Crippen molar-refractivity contribution in [2.45, 2.75) is 51.7 Å². The fourth-order valence-electron chi connectivity index (χ4n) is 7.45. The predicted molar refractivity (Wildman–Crippen MR) is 150 cm³/mol. The van der Waals surface area contributed by atoms with E-state index in [0.29, 0.717) is 75.5 Å². The summed E-state index contributed by atoms with van der Waals surface area (Å²) in [4.78, 5) is 39.0. The number of carbonyl (C=O) groups excluding carboxylic acids is 3. The minimum Gasteiger partial charge on any atom is -0.474 e. The van der Waals surface area contributed by atoms with Gasteiger partial charge >= 0.3 is 0 Å². The summed E-state index contributed by atoms with van der Waals surface area (Å²) in [5.74, 6) is -0.893. The van der Waals surface area contributed by atoms with Crippen LogP contribution in [0.15, 0.2) is 71.0 Å². The Labute approximate surface area is 236 Å². The number of fused-ring (bicyclic) bond motifs is 3. The molecule has 6 nitrogen and oxygen atoms in total. The Morgan fingerprint density at radius 3 is 2.66 bits per heavy atom. The number of hydrogen-bond acceptors (Lipinski definition) is 6. The SMILES string of the molecule is CCC1=C(C(=N)OCc2ccccc2)C(=O)CC2CC3Cc4c(c(C)c5cc(C=O)ccc5c4F)C(=O)C3=C3OC132. The number of hydrogen-bond donors (Lipinski definition) is 1. The number of ether oxygens (including phenoxy) is 2. The molecule has 0 aromatic heterocycles. The molecule has 3 aliphatic carbocycles. The first-order valence-electron chi connectivity index (χ1n) is 14.0. The normalized spacial score (nSPS) is 24.3. The van der Waals surface area contributed by atoms with Crippen LogP contribution in [-0.4, -0.2) is 29.4 Å². The average molecular weight is 550 g/mol. The Hall–Kier alpha value is -4.39. The Morgan fingerprint density at radius 2 is 1.93 bits per heavy atom. The van der Waals surface area contributed by atoms with Crippen molar-refractivity contribution in [3.8, 4) is 0 Å². The molecular formula is C34H28FNO5. The number of allylic oxidation sites excluding steroid dienone is 1. The minimum atomic E-state index is -0.895. The van der Waals surface area contributed by atoms with E-state index < -0.39 is 11.4 Å². The van der Waals surface area contributed by atoms with Gasteiger partial charge in [0.05, 0.1) is 5.57 Å². The van der Waals surface area contributed by atoms with Gasteiger partial charge in [0.2, 0.25) is 5.90 Å². The van der Waals surface area contributed by atoms with Crippen LogP contribution in [0.1, 0.15) is 63.6 Å². The fraction of sp³-hybridized carbons (Fsp3) is 0.294. The smallest absolute Gasteiger partial charge is 0.217 e. The molecular weight excluding hydrogens is 521 g/mol. The zero-order valence-electron chi connectivity index (χ0n) is 22.8. The van der Waals surface area contributed by atoms with Crippen molar-refractivity contribution < 1.29 is 28.2 Å². The van der Waals surface area contributed by atoms with E-state index in [-0.39, 0.29) is 47.9 Å². The van der Waals surface area contributed by atoms with Crippen LogP contribution in [0.3, 0.4) is 0 Å². The lowest BCUT2D eigenvalue weighted by Crippen LogP contribution is -2.43. The van der Waals surface area contributed by atoms with Crippen molar-refractivity contribution in [1.29, 1.82) is 5.41 Å². The van der Waals surface area contributed by atoms with Crippen molar-refractivity contribution in [1.82, 2.24) is 0 Å². The standard InChI is InChI=1S/C34H28FNO5/c1-3-25-29(33(36)40-16-18-7-5-4-6-8-18)26(38)14-21-12-20-13-24-27(31(39)28(20)32-34(21,25)41-32)17(2)23-11-19(15-37)9-10-22(23)30(24)35/h4-11,15,20-21,36H,3,12-14,16H2,1-2H3. The number of epoxide rings is 1. The highest BCUT2D eigenvalue weighted by Gasteiger charge is 2.69. The van der Waals surface area contributed by atoms with Crippen molar-refractivity contribution in [2.75, 3.05) is 0 Å². The number of aldehydes is 1. The second kappa shape index (κ2) is 9.06. The third-order valence-corrected chi connectivity index (χ3v) is 9.31. The van der Waals surface area contributed by atoms with Crippen LogP contribution < -0.4 is 0 Å². The van der Waals surface area contributed by atoms with Crippen LogP contribution in [0.2, 0.25) is 0 Å². The van der Waals surface area contributed by atoms with Gasteiger partial charge in [0.25, 0.3) is 0 Å². The quantitative estimate of drug-likeness (QED) is 0.173. The summed E-state index contributed by atoms with van der Waals surface area (Å²) >= 11 is 0. The summed E-state index contributed by atoms with van der Waals surface area (Å²) < 4.78 is 28.0. The van der Waals surface area contributed by atoms with Gasteiger partial charge in [-0.2, -0.15) is 0 Å². The van der Waals surface area contributed by atoms with Gasteiger partial charge in [-0.25, -0.2) is 4.39 Å². The number of halogens is 1. The van der Waals surface area contributed by atoms with Crippen molar-refractivity contribution in [2.24, 2.45) is 11.8 Å². The summed E-state index contributed by atoms with van der Waals surface area (Å²) in [6, 6.07) is 14.3. The van der Waals surface area contributed by atoms with E-state index in [2.05, 4.69) is 0 Å². The Bertz CT molecular complexity index is 1790. The molecule has 1 fully saturated rings. The van der Waals surface area contributed by atoms with Crippen molar-refractivity contribution >= 4 is 34.5 Å². The van der Waals surface area contributed by atoms with E-state index in [1.165, 1.54) is 0 Å². The van der Waals surface area contributed by atoms with E-state index in [0.717, 1.165) is 5.56 Å². The van der Waals surface area contributed by atoms with Crippen LogP contribution in [0.5, 0.6) is 0 Å². The first kappa shape index (κ1) is 25.6. The maximum absolute atomic E-state index is 15.9. The number of carbonyl (C=O) groups is 3. The lowest BCUT2D eigenvalue weighted by molar-refractivity contribution is -0.117. The second-order valence-corrected chi connectivity index (χ2v) is 11.4. The molecule has 3 aromatic carbocycles. The zero-order valence-corrected chi connectivity index (χ0v) is 22.8. The molecule has 1 saturated heterocycles. The Balaban J connectivity index is 1.32. The molecule has 206 valence electrons. The van der Waals surface area contributed by atoms with Crippen LogP contribution in [0, 0.1) is 30.0 Å². The third-order valence-electron chi connectivity index (χ3n) is 9.31. The molecule has 1 spiro atoms. The number of Topliss-reactive ketones (excluding diaryl/α,β-unsaturated/α-hetero) is 2. The average Bonchev–Trinajstić information content (AvgIpc) is 3.73. The number of aryl methyl sites for hydroxylation is 1. The van der Waals surface area contributed by atoms with Gasteiger partial charge in [0.1, 0.15) is 18.7 Å². The highest BCUT2D eigenvalue weighted by atomic mass is 19.1. The van der Waals surface area contributed by atoms with Gasteiger partial charge < -0.3 is 9.47 Å². The van der Waals surface area contributed by atoms with E-state index in [9.17, 15) is 14.4 Å². The molecule has 3 aromatic rings. The third kappa shape index (κ3) is 3.54. The predicted octanol–water partition coefficient (Wildman–Crippen LogP) is 6.37. The van der Waals surface area contributed by atoms with Crippen LogP contribution in [0.4, 0.5) is 4.39 Å². The highest BCUT2D eigenvalue weighted by molar-refractivity contribution is 6.21. The topological polar surface area (TPSA) is 96.8 Å². The maximum atomic E-state index is 15.9. The lowest BCUT2D eigenvalue weighted by Gasteiger charge is -2.38.